The summed E-state index contributed by atoms with van der Waals surface area (Å²) in [6.07, 6.45) is 2.40. The van der Waals surface area contributed by atoms with Crippen molar-refractivity contribution in [3.05, 3.63) is 65.7 Å². The van der Waals surface area contributed by atoms with Crippen LogP contribution in [0.5, 0.6) is 5.75 Å². The second-order valence-electron chi connectivity index (χ2n) is 5.54. The summed E-state index contributed by atoms with van der Waals surface area (Å²) in [5.41, 5.74) is 1.25. The van der Waals surface area contributed by atoms with E-state index in [1.807, 2.05) is 54.6 Å². The van der Waals surface area contributed by atoms with E-state index in [4.69, 9.17) is 4.74 Å². The minimum absolute atomic E-state index is 0.490. The predicted molar refractivity (Wildman–Crippen MR) is 80.4 cm³/mol. The topological polar surface area (TPSA) is 46.5 Å². The fraction of sp³-hybridized carbons (Fsp3) is 0.278. The second kappa shape index (κ2) is 5.60. The Labute approximate surface area is 124 Å². The van der Waals surface area contributed by atoms with Gasteiger partial charge in [-0.2, -0.15) is 0 Å². The maximum Gasteiger partial charge on any atom is 0.314 e. The largest absolute Gasteiger partial charge is 0.489 e. The van der Waals surface area contributed by atoms with E-state index < -0.39 is 11.4 Å². The normalized spacial score (nSPS) is 16.0. The first-order valence-corrected chi connectivity index (χ1v) is 7.21. The standard InChI is InChI=1S/C18H18O3/c19-17(20)18(10-5-11-18)15-8-4-9-16(12-15)21-13-14-6-2-1-3-7-14/h1-4,6-9,12H,5,10-11,13H2,(H,19,20). The van der Waals surface area contributed by atoms with Crippen molar-refractivity contribution in [1.82, 2.24) is 0 Å². The first-order chi connectivity index (χ1) is 10.2. The quantitative estimate of drug-likeness (QED) is 0.908. The molecule has 0 aliphatic heterocycles. The molecule has 0 amide bonds. The lowest BCUT2D eigenvalue weighted by Crippen LogP contribution is -2.42. The SMILES string of the molecule is O=C(O)C1(c2cccc(OCc3ccccc3)c2)CCC1. The highest BCUT2D eigenvalue weighted by Crippen LogP contribution is 2.44. The Morgan fingerprint density at radius 3 is 2.48 bits per heavy atom. The predicted octanol–water partition coefficient (Wildman–Crippen LogP) is 3.77. The molecule has 0 radical (unpaired) electrons. The van der Waals surface area contributed by atoms with E-state index >= 15 is 0 Å². The molecule has 1 fully saturated rings. The van der Waals surface area contributed by atoms with Crippen molar-refractivity contribution in [2.75, 3.05) is 0 Å². The van der Waals surface area contributed by atoms with Crippen molar-refractivity contribution in [2.45, 2.75) is 31.3 Å². The zero-order chi connectivity index (χ0) is 14.7. The van der Waals surface area contributed by atoms with E-state index in [0.29, 0.717) is 19.4 Å². The van der Waals surface area contributed by atoms with Gasteiger partial charge >= 0.3 is 5.97 Å². The number of rotatable bonds is 5. The van der Waals surface area contributed by atoms with Crippen LogP contribution in [0.1, 0.15) is 30.4 Å². The molecule has 1 aliphatic rings. The Hall–Kier alpha value is -2.29. The Balaban J connectivity index is 1.76. The number of ether oxygens (including phenoxy) is 1. The monoisotopic (exact) mass is 282 g/mol. The lowest BCUT2D eigenvalue weighted by atomic mass is 9.64. The Morgan fingerprint density at radius 2 is 1.86 bits per heavy atom. The summed E-state index contributed by atoms with van der Waals surface area (Å²) in [5.74, 6) is -0.00200. The van der Waals surface area contributed by atoms with Crippen LogP contribution in [0.4, 0.5) is 0 Å². The molecule has 3 heteroatoms. The molecule has 0 spiro atoms. The fourth-order valence-corrected chi connectivity index (χ4v) is 2.78. The Bertz CT molecular complexity index is 630. The van der Waals surface area contributed by atoms with Crippen LogP contribution in [-0.2, 0) is 16.8 Å². The van der Waals surface area contributed by atoms with Gasteiger partial charge in [-0.05, 0) is 36.1 Å². The van der Waals surface area contributed by atoms with E-state index in [9.17, 15) is 9.90 Å². The highest BCUT2D eigenvalue weighted by atomic mass is 16.5. The average Bonchev–Trinajstić information content (AvgIpc) is 2.45. The molecular formula is C18H18O3. The Kier molecular flexibility index (Phi) is 3.65. The van der Waals surface area contributed by atoms with Crippen molar-refractivity contribution in [3.8, 4) is 5.75 Å². The van der Waals surface area contributed by atoms with Crippen LogP contribution >= 0.6 is 0 Å². The highest BCUT2D eigenvalue weighted by Gasteiger charge is 2.45. The summed E-state index contributed by atoms with van der Waals surface area (Å²) < 4.78 is 5.78. The number of aliphatic carboxylic acids is 1. The van der Waals surface area contributed by atoms with Gasteiger partial charge in [0.25, 0.3) is 0 Å². The van der Waals surface area contributed by atoms with E-state index in [1.165, 1.54) is 0 Å². The molecule has 0 saturated heterocycles. The van der Waals surface area contributed by atoms with Crippen molar-refractivity contribution < 1.29 is 14.6 Å². The Morgan fingerprint density at radius 1 is 1.10 bits per heavy atom. The zero-order valence-corrected chi connectivity index (χ0v) is 11.8. The summed E-state index contributed by atoms with van der Waals surface area (Å²) in [7, 11) is 0. The highest BCUT2D eigenvalue weighted by molar-refractivity contribution is 5.82. The van der Waals surface area contributed by atoms with Crippen LogP contribution in [0.25, 0.3) is 0 Å². The molecule has 0 unspecified atom stereocenters. The van der Waals surface area contributed by atoms with Gasteiger partial charge in [-0.15, -0.1) is 0 Å². The van der Waals surface area contributed by atoms with Gasteiger partial charge in [-0.3, -0.25) is 4.79 Å². The van der Waals surface area contributed by atoms with E-state index in [0.717, 1.165) is 23.3 Å². The number of carboxylic acids is 1. The average molecular weight is 282 g/mol. The lowest BCUT2D eigenvalue weighted by molar-refractivity contribution is -0.147. The van der Waals surface area contributed by atoms with Gasteiger partial charge in [-0.1, -0.05) is 48.9 Å². The third-order valence-corrected chi connectivity index (χ3v) is 4.25. The van der Waals surface area contributed by atoms with Crippen molar-refractivity contribution in [1.29, 1.82) is 0 Å². The molecule has 3 nitrogen and oxygen atoms in total. The number of carboxylic acid groups (broad SMARTS) is 1. The number of benzene rings is 2. The minimum atomic E-state index is -0.728. The maximum absolute atomic E-state index is 11.6. The third kappa shape index (κ3) is 2.64. The van der Waals surface area contributed by atoms with Gasteiger partial charge in [0.1, 0.15) is 12.4 Å². The number of hydrogen-bond donors (Lipinski definition) is 1. The molecule has 2 aromatic carbocycles. The molecule has 0 bridgehead atoms. The van der Waals surface area contributed by atoms with Crippen molar-refractivity contribution >= 4 is 5.97 Å². The van der Waals surface area contributed by atoms with Crippen LogP contribution in [0.15, 0.2) is 54.6 Å². The summed E-state index contributed by atoms with van der Waals surface area (Å²) in [6, 6.07) is 17.4. The molecule has 1 N–H and O–H groups in total. The third-order valence-electron chi connectivity index (χ3n) is 4.25. The van der Waals surface area contributed by atoms with Gasteiger partial charge in [0.15, 0.2) is 0 Å². The van der Waals surface area contributed by atoms with Gasteiger partial charge < -0.3 is 9.84 Å². The van der Waals surface area contributed by atoms with Gasteiger partial charge in [0.05, 0.1) is 5.41 Å². The smallest absolute Gasteiger partial charge is 0.314 e. The molecule has 1 aliphatic carbocycles. The summed E-state index contributed by atoms with van der Waals surface area (Å²) in [4.78, 5) is 11.6. The lowest BCUT2D eigenvalue weighted by Gasteiger charge is -2.38. The van der Waals surface area contributed by atoms with Gasteiger partial charge in [0, 0.05) is 0 Å². The molecule has 108 valence electrons. The second-order valence-corrected chi connectivity index (χ2v) is 5.54. The first kappa shape index (κ1) is 13.7. The molecule has 1 saturated carbocycles. The van der Waals surface area contributed by atoms with E-state index in [-0.39, 0.29) is 0 Å². The van der Waals surface area contributed by atoms with Crippen LogP contribution in [0.3, 0.4) is 0 Å². The van der Waals surface area contributed by atoms with Gasteiger partial charge in [-0.25, -0.2) is 0 Å². The van der Waals surface area contributed by atoms with E-state index in [1.54, 1.807) is 0 Å². The fourth-order valence-electron chi connectivity index (χ4n) is 2.78. The van der Waals surface area contributed by atoms with Gasteiger partial charge in [0.2, 0.25) is 0 Å². The van der Waals surface area contributed by atoms with Crippen LogP contribution in [0.2, 0.25) is 0 Å². The zero-order valence-electron chi connectivity index (χ0n) is 11.8. The number of hydrogen-bond acceptors (Lipinski definition) is 2. The molecule has 21 heavy (non-hydrogen) atoms. The summed E-state index contributed by atoms with van der Waals surface area (Å²) in [5, 5.41) is 9.50. The molecule has 0 heterocycles. The summed E-state index contributed by atoms with van der Waals surface area (Å²) in [6.45, 7) is 0.490. The summed E-state index contributed by atoms with van der Waals surface area (Å²) >= 11 is 0. The van der Waals surface area contributed by atoms with E-state index in [2.05, 4.69) is 0 Å². The molecule has 2 aromatic rings. The van der Waals surface area contributed by atoms with Crippen LogP contribution in [-0.4, -0.2) is 11.1 Å². The number of carbonyl (C=O) groups is 1. The molecule has 0 aromatic heterocycles. The maximum atomic E-state index is 11.6. The van der Waals surface area contributed by atoms with Crippen molar-refractivity contribution in [2.24, 2.45) is 0 Å². The molecule has 0 atom stereocenters. The van der Waals surface area contributed by atoms with Crippen LogP contribution in [0, 0.1) is 0 Å². The van der Waals surface area contributed by atoms with Crippen LogP contribution < -0.4 is 4.74 Å². The molecule has 3 rings (SSSR count). The molecular weight excluding hydrogens is 264 g/mol. The van der Waals surface area contributed by atoms with Crippen molar-refractivity contribution in [3.63, 3.8) is 0 Å². The minimum Gasteiger partial charge on any atom is -0.489 e. The first-order valence-electron chi connectivity index (χ1n) is 7.21.